The maximum atomic E-state index is 13.0. The molecule has 0 atom stereocenters. The monoisotopic (exact) mass is 406 g/mol. The van der Waals surface area contributed by atoms with Crippen LogP contribution in [0.5, 0.6) is 0 Å². The second kappa shape index (κ2) is 8.86. The molecule has 1 saturated heterocycles. The van der Waals surface area contributed by atoms with Crippen LogP contribution in [0.4, 0.5) is 21.8 Å². The van der Waals surface area contributed by atoms with Crippen molar-refractivity contribution in [2.75, 3.05) is 36.4 Å². The van der Waals surface area contributed by atoms with Gasteiger partial charge in [-0.05, 0) is 42.3 Å². The molecule has 30 heavy (non-hydrogen) atoms. The molecule has 0 unspecified atom stereocenters. The minimum absolute atomic E-state index is 0.0526. The Balaban J connectivity index is 1.34. The first-order valence-electron chi connectivity index (χ1n) is 9.86. The first kappa shape index (κ1) is 19.8. The molecule has 2 aromatic heterocycles. The molecule has 154 valence electrons. The van der Waals surface area contributed by atoms with Gasteiger partial charge in [-0.15, -0.1) is 0 Å². The summed E-state index contributed by atoms with van der Waals surface area (Å²) in [6, 6.07) is 11.9. The fourth-order valence-corrected chi connectivity index (χ4v) is 3.40. The van der Waals surface area contributed by atoms with Crippen molar-refractivity contribution in [3.63, 3.8) is 0 Å². The number of carbonyl (C=O) groups excluding carboxylic acids is 1. The van der Waals surface area contributed by atoms with Crippen LogP contribution in [0, 0.1) is 12.7 Å². The first-order chi connectivity index (χ1) is 14.6. The highest BCUT2D eigenvalue weighted by Gasteiger charge is 2.22. The number of nitrogens with zero attached hydrogens (tertiary/aromatic N) is 5. The Morgan fingerprint density at radius 3 is 2.47 bits per heavy atom. The van der Waals surface area contributed by atoms with E-state index in [0.717, 1.165) is 22.8 Å². The number of hydrogen-bond donors (Lipinski definition) is 1. The van der Waals surface area contributed by atoms with Crippen LogP contribution in [-0.2, 0) is 11.2 Å². The van der Waals surface area contributed by atoms with Gasteiger partial charge < -0.3 is 15.1 Å². The van der Waals surface area contributed by atoms with Crippen molar-refractivity contribution in [3.8, 4) is 0 Å². The maximum Gasteiger partial charge on any atom is 0.227 e. The number of anilines is 3. The molecule has 7 nitrogen and oxygen atoms in total. The summed E-state index contributed by atoms with van der Waals surface area (Å²) >= 11 is 0. The van der Waals surface area contributed by atoms with Crippen molar-refractivity contribution in [2.24, 2.45) is 0 Å². The third kappa shape index (κ3) is 4.89. The summed E-state index contributed by atoms with van der Waals surface area (Å²) in [5.74, 6) is 1.98. The number of piperazine rings is 1. The highest BCUT2D eigenvalue weighted by Crippen LogP contribution is 2.19. The number of halogens is 1. The lowest BCUT2D eigenvalue weighted by Crippen LogP contribution is -2.49. The van der Waals surface area contributed by atoms with Gasteiger partial charge in [0.1, 0.15) is 29.6 Å². The van der Waals surface area contributed by atoms with Gasteiger partial charge in [-0.25, -0.2) is 19.3 Å². The van der Waals surface area contributed by atoms with E-state index >= 15 is 0 Å². The Morgan fingerprint density at radius 2 is 1.73 bits per heavy atom. The van der Waals surface area contributed by atoms with E-state index in [9.17, 15) is 9.18 Å². The largest absolute Gasteiger partial charge is 0.353 e. The fourth-order valence-electron chi connectivity index (χ4n) is 3.40. The lowest BCUT2D eigenvalue weighted by atomic mass is 10.1. The summed E-state index contributed by atoms with van der Waals surface area (Å²) in [7, 11) is 0. The van der Waals surface area contributed by atoms with Crippen LogP contribution in [0.2, 0.25) is 0 Å². The van der Waals surface area contributed by atoms with Gasteiger partial charge in [-0.3, -0.25) is 4.79 Å². The number of nitrogens with one attached hydrogen (secondary N) is 1. The van der Waals surface area contributed by atoms with Crippen LogP contribution in [-0.4, -0.2) is 51.9 Å². The zero-order chi connectivity index (χ0) is 20.9. The molecule has 4 rings (SSSR count). The Kier molecular flexibility index (Phi) is 5.83. The van der Waals surface area contributed by atoms with Crippen molar-refractivity contribution in [1.82, 2.24) is 19.9 Å². The van der Waals surface area contributed by atoms with Gasteiger partial charge in [0, 0.05) is 38.4 Å². The molecule has 1 aromatic carbocycles. The minimum atomic E-state index is -0.295. The predicted molar refractivity (Wildman–Crippen MR) is 113 cm³/mol. The number of carbonyl (C=O) groups is 1. The normalized spacial score (nSPS) is 13.9. The van der Waals surface area contributed by atoms with Gasteiger partial charge in [0.05, 0.1) is 6.42 Å². The lowest BCUT2D eigenvalue weighted by molar-refractivity contribution is -0.130. The fraction of sp³-hybridized carbons (Fsp3) is 0.273. The van der Waals surface area contributed by atoms with Gasteiger partial charge in [0.15, 0.2) is 0 Å². The number of rotatable bonds is 5. The van der Waals surface area contributed by atoms with E-state index in [-0.39, 0.29) is 18.1 Å². The molecular formula is C22H23FN6O. The summed E-state index contributed by atoms with van der Waals surface area (Å²) in [5, 5.41) is 3.20. The second-order valence-electron chi connectivity index (χ2n) is 7.28. The lowest BCUT2D eigenvalue weighted by Gasteiger charge is -2.35. The van der Waals surface area contributed by atoms with Crippen LogP contribution < -0.4 is 10.2 Å². The van der Waals surface area contributed by atoms with Crippen molar-refractivity contribution in [2.45, 2.75) is 13.3 Å². The summed E-state index contributed by atoms with van der Waals surface area (Å²) in [6.07, 6.45) is 3.56. The number of aryl methyl sites for hydroxylation is 1. The first-order valence-corrected chi connectivity index (χ1v) is 9.86. The topological polar surface area (TPSA) is 74.2 Å². The molecule has 1 N–H and O–H groups in total. The van der Waals surface area contributed by atoms with Gasteiger partial charge in [-0.1, -0.05) is 12.1 Å². The standard InChI is InChI=1S/C22H23FN6O/c1-16-6-7-24-19(12-16)27-20-14-21(26-15-25-20)28-8-10-29(11-9-28)22(30)13-17-2-4-18(23)5-3-17/h2-7,12,14-15H,8-11,13H2,1H3,(H,24,25,26,27). The molecule has 0 saturated carbocycles. The molecule has 1 amide bonds. The van der Waals surface area contributed by atoms with Crippen molar-refractivity contribution < 1.29 is 9.18 Å². The zero-order valence-electron chi connectivity index (χ0n) is 16.8. The van der Waals surface area contributed by atoms with Crippen LogP contribution >= 0.6 is 0 Å². The van der Waals surface area contributed by atoms with E-state index in [1.54, 1.807) is 18.3 Å². The average molecular weight is 406 g/mol. The minimum Gasteiger partial charge on any atom is -0.353 e. The molecule has 0 spiro atoms. The second-order valence-corrected chi connectivity index (χ2v) is 7.28. The summed E-state index contributed by atoms with van der Waals surface area (Å²) in [4.78, 5) is 29.5. The molecular weight excluding hydrogens is 383 g/mol. The molecule has 3 aromatic rings. The number of aromatic nitrogens is 3. The van der Waals surface area contributed by atoms with E-state index in [4.69, 9.17) is 0 Å². The molecule has 0 bridgehead atoms. The van der Waals surface area contributed by atoms with Crippen molar-refractivity contribution in [1.29, 1.82) is 0 Å². The number of benzene rings is 1. The van der Waals surface area contributed by atoms with Gasteiger partial charge in [0.25, 0.3) is 0 Å². The van der Waals surface area contributed by atoms with E-state index < -0.39 is 0 Å². The number of pyridine rings is 1. The molecule has 3 heterocycles. The molecule has 1 aliphatic heterocycles. The van der Waals surface area contributed by atoms with Crippen molar-refractivity contribution >= 4 is 23.4 Å². The molecule has 0 aliphatic carbocycles. The van der Waals surface area contributed by atoms with E-state index in [1.165, 1.54) is 18.5 Å². The summed E-state index contributed by atoms with van der Waals surface area (Å²) in [6.45, 7) is 4.62. The average Bonchev–Trinajstić information content (AvgIpc) is 2.76. The summed E-state index contributed by atoms with van der Waals surface area (Å²) in [5.41, 5.74) is 1.93. The highest BCUT2D eigenvalue weighted by molar-refractivity contribution is 5.79. The Labute approximate surface area is 174 Å². The highest BCUT2D eigenvalue weighted by atomic mass is 19.1. The Bertz CT molecular complexity index is 1020. The molecule has 1 aliphatic rings. The van der Waals surface area contributed by atoms with E-state index in [2.05, 4.69) is 25.2 Å². The maximum absolute atomic E-state index is 13.0. The van der Waals surface area contributed by atoms with Gasteiger partial charge in [-0.2, -0.15) is 0 Å². The van der Waals surface area contributed by atoms with Gasteiger partial charge >= 0.3 is 0 Å². The number of hydrogen-bond acceptors (Lipinski definition) is 6. The third-order valence-corrected chi connectivity index (χ3v) is 5.05. The molecule has 0 radical (unpaired) electrons. The molecule has 1 fully saturated rings. The van der Waals surface area contributed by atoms with Crippen molar-refractivity contribution in [3.05, 3.63) is 71.9 Å². The van der Waals surface area contributed by atoms with Crippen LogP contribution in [0.1, 0.15) is 11.1 Å². The smallest absolute Gasteiger partial charge is 0.227 e. The zero-order valence-corrected chi connectivity index (χ0v) is 16.8. The quantitative estimate of drug-likeness (QED) is 0.702. The Hall–Kier alpha value is -3.55. The predicted octanol–water partition coefficient (Wildman–Crippen LogP) is 2.95. The Morgan fingerprint density at radius 1 is 1.00 bits per heavy atom. The van der Waals surface area contributed by atoms with Crippen LogP contribution in [0.15, 0.2) is 55.0 Å². The van der Waals surface area contributed by atoms with Gasteiger partial charge in [0.2, 0.25) is 5.91 Å². The van der Waals surface area contributed by atoms with Crippen LogP contribution in [0.25, 0.3) is 0 Å². The number of amides is 1. The van der Waals surface area contributed by atoms with E-state index in [0.29, 0.717) is 32.0 Å². The van der Waals surface area contributed by atoms with Crippen LogP contribution in [0.3, 0.4) is 0 Å². The SMILES string of the molecule is Cc1ccnc(Nc2cc(N3CCN(C(=O)Cc4ccc(F)cc4)CC3)ncn2)c1. The summed E-state index contributed by atoms with van der Waals surface area (Å²) < 4.78 is 13.0. The molecule has 8 heteroatoms. The van der Waals surface area contributed by atoms with E-state index in [1.807, 2.05) is 30.0 Å². The third-order valence-electron chi connectivity index (χ3n) is 5.05.